The van der Waals surface area contributed by atoms with Crippen molar-refractivity contribution in [2.45, 2.75) is 45.3 Å². The van der Waals surface area contributed by atoms with Gasteiger partial charge in [0.05, 0.1) is 24.1 Å². The number of anilines is 4. The van der Waals surface area contributed by atoms with Crippen LogP contribution in [0.2, 0.25) is 0 Å². The van der Waals surface area contributed by atoms with Crippen LogP contribution in [0.3, 0.4) is 0 Å². The highest BCUT2D eigenvalue weighted by Crippen LogP contribution is 2.36. The molecule has 0 unspecified atom stereocenters. The monoisotopic (exact) mass is 552 g/mol. The van der Waals surface area contributed by atoms with Gasteiger partial charge < -0.3 is 25.0 Å². The van der Waals surface area contributed by atoms with Gasteiger partial charge in [0.15, 0.2) is 5.76 Å². The summed E-state index contributed by atoms with van der Waals surface area (Å²) >= 11 is 0. The fourth-order valence-electron chi connectivity index (χ4n) is 3.78. The van der Waals surface area contributed by atoms with Crippen LogP contribution in [0.15, 0.2) is 58.1 Å². The summed E-state index contributed by atoms with van der Waals surface area (Å²) < 4.78 is 38.4. The second-order valence-electron chi connectivity index (χ2n) is 9.43. The van der Waals surface area contributed by atoms with Gasteiger partial charge in [-0.2, -0.15) is 4.98 Å². The molecule has 0 aliphatic heterocycles. The fraction of sp³-hybridized carbons (Fsp3) is 0.296. The van der Waals surface area contributed by atoms with Gasteiger partial charge in [0.1, 0.15) is 22.2 Å². The van der Waals surface area contributed by atoms with Crippen LogP contribution in [0.25, 0.3) is 11.3 Å². The molecule has 0 aliphatic rings. The summed E-state index contributed by atoms with van der Waals surface area (Å²) in [5.41, 5.74) is 3.79. The second-order valence-corrected chi connectivity index (χ2v) is 11.5. The largest absolute Gasteiger partial charge is 0.489 e. The van der Waals surface area contributed by atoms with Crippen molar-refractivity contribution in [2.75, 3.05) is 24.7 Å². The summed E-state index contributed by atoms with van der Waals surface area (Å²) in [6.45, 7) is 7.39. The van der Waals surface area contributed by atoms with Crippen molar-refractivity contribution in [3.05, 3.63) is 65.5 Å². The molecule has 206 valence electrons. The average Bonchev–Trinajstić information content (AvgIpc) is 3.36. The van der Waals surface area contributed by atoms with Gasteiger partial charge >= 0.3 is 0 Å². The molecule has 0 aliphatic carbocycles. The normalized spacial score (nSPS) is 11.7. The molecule has 0 atom stereocenters. The van der Waals surface area contributed by atoms with Crippen LogP contribution in [0.1, 0.15) is 30.7 Å². The number of aryl methyl sites for hydroxylation is 2. The smallest absolute Gasteiger partial charge is 0.244 e. The minimum Gasteiger partial charge on any atom is -0.489 e. The molecule has 3 N–H and O–H groups in total. The number of nitrogens with one attached hydrogen (secondary N) is 2. The molecule has 39 heavy (non-hydrogen) atoms. The fourth-order valence-corrected chi connectivity index (χ4v) is 4.82. The molecule has 2 heterocycles. The molecule has 2 aromatic heterocycles. The maximum absolute atomic E-state index is 12.9. The Morgan fingerprint density at radius 3 is 2.46 bits per heavy atom. The number of rotatable bonds is 10. The van der Waals surface area contributed by atoms with Crippen LogP contribution >= 0.6 is 0 Å². The van der Waals surface area contributed by atoms with Gasteiger partial charge in [-0.15, -0.1) is 0 Å². The standard InChI is InChI=1S/C27H32N6O5S/c1-16(2)37-24-11-17(3)20(23-12-19(15-34)32-38-23)13-22(24)30-27-28-14-18(4)26(31-27)29-21-9-7-8-10-25(21)39(35,36)33(5)6/h7-14,16,34H,15H2,1-6H3,(H2,28,29,30,31). The quantitative estimate of drug-likeness (QED) is 0.252. The molecular weight excluding hydrogens is 520 g/mol. The Bertz CT molecular complexity index is 1580. The molecule has 0 spiro atoms. The Kier molecular flexibility index (Phi) is 8.19. The van der Waals surface area contributed by atoms with Crippen molar-refractivity contribution in [3.63, 3.8) is 0 Å². The summed E-state index contributed by atoms with van der Waals surface area (Å²) in [6.07, 6.45) is 1.55. The lowest BCUT2D eigenvalue weighted by Crippen LogP contribution is -2.23. The molecule has 2 aromatic carbocycles. The Balaban J connectivity index is 1.72. The van der Waals surface area contributed by atoms with Crippen molar-refractivity contribution >= 4 is 33.2 Å². The van der Waals surface area contributed by atoms with Crippen molar-refractivity contribution in [2.24, 2.45) is 0 Å². The molecule has 11 nitrogen and oxygen atoms in total. The van der Waals surface area contributed by atoms with Gasteiger partial charge in [0.2, 0.25) is 16.0 Å². The Hall–Kier alpha value is -4.00. The Labute approximate surface area is 227 Å². The summed E-state index contributed by atoms with van der Waals surface area (Å²) in [6, 6.07) is 12.1. The third-order valence-electron chi connectivity index (χ3n) is 5.79. The molecule has 0 bridgehead atoms. The molecular formula is C27H32N6O5S. The van der Waals surface area contributed by atoms with Crippen molar-refractivity contribution in [3.8, 4) is 17.1 Å². The van der Waals surface area contributed by atoms with E-state index in [1.165, 1.54) is 14.1 Å². The number of benzene rings is 2. The lowest BCUT2D eigenvalue weighted by Gasteiger charge is -2.19. The first-order valence-corrected chi connectivity index (χ1v) is 13.7. The van der Waals surface area contributed by atoms with Crippen LogP contribution in [0.5, 0.6) is 5.75 Å². The predicted molar refractivity (Wildman–Crippen MR) is 149 cm³/mol. The zero-order chi connectivity index (χ0) is 28.3. The molecule has 12 heteroatoms. The van der Waals surface area contributed by atoms with Crippen LogP contribution in [0, 0.1) is 13.8 Å². The van der Waals surface area contributed by atoms with Crippen molar-refractivity contribution < 1.29 is 22.8 Å². The molecule has 0 fully saturated rings. The lowest BCUT2D eigenvalue weighted by molar-refractivity contribution is 0.243. The number of para-hydroxylation sites is 1. The minimum atomic E-state index is -3.69. The van der Waals surface area contributed by atoms with E-state index < -0.39 is 10.0 Å². The first-order chi connectivity index (χ1) is 18.5. The van der Waals surface area contributed by atoms with E-state index in [0.717, 1.165) is 21.0 Å². The predicted octanol–water partition coefficient (Wildman–Crippen LogP) is 4.77. The molecule has 4 aromatic rings. The number of aliphatic hydroxyl groups is 1. The second kappa shape index (κ2) is 11.4. The first-order valence-electron chi connectivity index (χ1n) is 12.3. The van der Waals surface area contributed by atoms with E-state index in [9.17, 15) is 13.5 Å². The maximum atomic E-state index is 12.9. The van der Waals surface area contributed by atoms with Crippen molar-refractivity contribution in [1.29, 1.82) is 0 Å². The summed E-state index contributed by atoms with van der Waals surface area (Å²) in [5.74, 6) is 1.80. The topological polar surface area (TPSA) is 143 Å². The van der Waals surface area contributed by atoms with E-state index >= 15 is 0 Å². The number of hydrogen-bond acceptors (Lipinski definition) is 10. The van der Waals surface area contributed by atoms with Gasteiger partial charge in [-0.05, 0) is 57.5 Å². The Morgan fingerprint density at radius 2 is 1.79 bits per heavy atom. The third kappa shape index (κ3) is 6.19. The van der Waals surface area contributed by atoms with E-state index in [4.69, 9.17) is 9.26 Å². The van der Waals surface area contributed by atoms with Gasteiger partial charge in [-0.3, -0.25) is 0 Å². The van der Waals surface area contributed by atoms with Crippen LogP contribution in [-0.4, -0.2) is 53.2 Å². The highest BCUT2D eigenvalue weighted by atomic mass is 32.2. The van der Waals surface area contributed by atoms with E-state index in [0.29, 0.717) is 34.4 Å². The minimum absolute atomic E-state index is 0.0895. The lowest BCUT2D eigenvalue weighted by atomic mass is 10.0. The number of aromatic nitrogens is 3. The molecule has 4 rings (SSSR count). The van der Waals surface area contributed by atoms with E-state index in [1.54, 1.807) is 36.5 Å². The average molecular weight is 553 g/mol. The summed E-state index contributed by atoms with van der Waals surface area (Å²) in [7, 11) is -0.714. The summed E-state index contributed by atoms with van der Waals surface area (Å²) in [4.78, 5) is 9.18. The molecule has 0 radical (unpaired) electrons. The van der Waals surface area contributed by atoms with Crippen LogP contribution in [0.4, 0.5) is 23.1 Å². The SMILES string of the molecule is Cc1cc(OC(C)C)c(Nc2ncc(C)c(Nc3ccccc3S(=O)(=O)N(C)C)n2)cc1-c1cc(CO)no1. The molecule has 0 saturated heterocycles. The summed E-state index contributed by atoms with van der Waals surface area (Å²) in [5, 5.41) is 19.6. The van der Waals surface area contributed by atoms with Crippen molar-refractivity contribution in [1.82, 2.24) is 19.4 Å². The van der Waals surface area contributed by atoms with Crippen LogP contribution < -0.4 is 15.4 Å². The van der Waals surface area contributed by atoms with E-state index in [2.05, 4.69) is 25.8 Å². The Morgan fingerprint density at radius 1 is 1.05 bits per heavy atom. The molecule has 0 amide bonds. The maximum Gasteiger partial charge on any atom is 0.244 e. The number of aliphatic hydroxyl groups excluding tert-OH is 1. The number of nitrogens with zero attached hydrogens (tertiary/aromatic N) is 4. The number of sulfonamides is 1. The number of ether oxygens (including phenoxy) is 1. The highest BCUT2D eigenvalue weighted by molar-refractivity contribution is 7.89. The zero-order valence-electron chi connectivity index (χ0n) is 22.7. The molecule has 0 saturated carbocycles. The van der Waals surface area contributed by atoms with E-state index in [-0.39, 0.29) is 23.6 Å². The highest BCUT2D eigenvalue weighted by Gasteiger charge is 2.22. The van der Waals surface area contributed by atoms with Gasteiger partial charge in [0, 0.05) is 37.5 Å². The van der Waals surface area contributed by atoms with Gasteiger partial charge in [-0.1, -0.05) is 17.3 Å². The first kappa shape index (κ1) is 28.0. The number of hydrogen-bond donors (Lipinski definition) is 3. The van der Waals surface area contributed by atoms with E-state index in [1.807, 2.05) is 39.8 Å². The van der Waals surface area contributed by atoms with Crippen LogP contribution in [-0.2, 0) is 16.6 Å². The van der Waals surface area contributed by atoms with Gasteiger partial charge in [-0.25, -0.2) is 17.7 Å². The zero-order valence-corrected chi connectivity index (χ0v) is 23.5. The van der Waals surface area contributed by atoms with Gasteiger partial charge in [0.25, 0.3) is 0 Å². The third-order valence-corrected chi connectivity index (χ3v) is 7.67.